The fourth-order valence-electron chi connectivity index (χ4n) is 3.99. The Morgan fingerprint density at radius 1 is 1.28 bits per heavy atom. The summed E-state index contributed by atoms with van der Waals surface area (Å²) in [7, 11) is 0. The maximum absolute atomic E-state index is 14.0. The SMILES string of the molecule is CC(C)CCSc1nc2c(c(=O)[nH]1)[C@H](c1cccc(F)c1)[C@@H]1C(=O)CCC=C1N2. The zero-order valence-corrected chi connectivity index (χ0v) is 17.3. The van der Waals surface area contributed by atoms with E-state index in [4.69, 9.17) is 0 Å². The maximum atomic E-state index is 14.0. The van der Waals surface area contributed by atoms with Crippen molar-refractivity contribution in [2.75, 3.05) is 11.1 Å². The number of nitrogens with one attached hydrogen (secondary N) is 2. The summed E-state index contributed by atoms with van der Waals surface area (Å²) in [6.45, 7) is 4.31. The second kappa shape index (κ2) is 8.14. The molecule has 0 saturated heterocycles. The van der Waals surface area contributed by atoms with Crippen molar-refractivity contribution >= 4 is 23.4 Å². The number of fused-ring (bicyclic) bond motifs is 2. The first kappa shape index (κ1) is 19.9. The van der Waals surface area contributed by atoms with E-state index in [1.165, 1.54) is 23.9 Å². The van der Waals surface area contributed by atoms with E-state index in [-0.39, 0.29) is 17.2 Å². The fraction of sp³-hybridized carbons (Fsp3) is 0.409. The van der Waals surface area contributed by atoms with Crippen molar-refractivity contribution in [1.82, 2.24) is 9.97 Å². The summed E-state index contributed by atoms with van der Waals surface area (Å²) in [5.74, 6) is 0.503. The molecule has 5 nitrogen and oxygen atoms in total. The number of thioether (sulfide) groups is 1. The number of nitrogens with zero attached hydrogens (tertiary/aromatic N) is 1. The molecule has 0 unspecified atom stereocenters. The standard InChI is InChI=1S/C22H24FN3O2S/c1-12(2)9-10-29-22-25-20-19(21(28)26-22)17(13-5-3-6-14(23)11-13)18-15(24-20)7-4-8-16(18)27/h3,5-7,11-12,17-18H,4,8-10H2,1-2H3,(H2,24,25,26,28)/t17-,18+/m1/s1. The lowest BCUT2D eigenvalue weighted by Crippen LogP contribution is -2.38. The minimum Gasteiger partial charge on any atom is -0.343 e. The molecule has 2 aliphatic rings. The Hall–Kier alpha value is -2.41. The summed E-state index contributed by atoms with van der Waals surface area (Å²) in [6, 6.07) is 6.15. The van der Waals surface area contributed by atoms with E-state index in [2.05, 4.69) is 29.1 Å². The van der Waals surface area contributed by atoms with Crippen molar-refractivity contribution in [2.24, 2.45) is 11.8 Å². The number of Topliss-reactive ketones (excluding diaryl/α,β-unsaturated/α-hetero) is 1. The number of ketones is 1. The van der Waals surface area contributed by atoms with Gasteiger partial charge in [-0.05, 0) is 36.5 Å². The first-order valence-corrected chi connectivity index (χ1v) is 10.9. The lowest BCUT2D eigenvalue weighted by Gasteiger charge is -2.36. The normalized spacial score (nSPS) is 20.7. The predicted molar refractivity (Wildman–Crippen MR) is 113 cm³/mol. The number of halogens is 1. The molecule has 4 rings (SSSR count). The number of hydrogen-bond donors (Lipinski definition) is 2. The van der Waals surface area contributed by atoms with Crippen molar-refractivity contribution in [3.63, 3.8) is 0 Å². The number of H-pyrrole nitrogens is 1. The Kier molecular flexibility index (Phi) is 5.58. The molecule has 0 spiro atoms. The van der Waals surface area contributed by atoms with Crippen LogP contribution < -0.4 is 10.9 Å². The van der Waals surface area contributed by atoms with E-state index >= 15 is 0 Å². The summed E-state index contributed by atoms with van der Waals surface area (Å²) in [4.78, 5) is 33.3. The molecule has 2 N–H and O–H groups in total. The summed E-state index contributed by atoms with van der Waals surface area (Å²) in [6.07, 6.45) is 4.09. The number of benzene rings is 1. The zero-order chi connectivity index (χ0) is 20.5. The number of carbonyl (C=O) groups excluding carboxylic acids is 1. The highest BCUT2D eigenvalue weighted by Gasteiger charge is 2.42. The average molecular weight is 414 g/mol. The monoisotopic (exact) mass is 413 g/mol. The van der Waals surface area contributed by atoms with Gasteiger partial charge in [-0.2, -0.15) is 0 Å². The van der Waals surface area contributed by atoms with Gasteiger partial charge in [0.15, 0.2) is 5.16 Å². The molecule has 2 heterocycles. The molecule has 0 fully saturated rings. The third-order valence-corrected chi connectivity index (χ3v) is 6.33. The van der Waals surface area contributed by atoms with Crippen LogP contribution in [0.4, 0.5) is 10.2 Å². The van der Waals surface area contributed by atoms with Crippen LogP contribution in [0.25, 0.3) is 0 Å². The van der Waals surface area contributed by atoms with Gasteiger partial charge in [0, 0.05) is 23.8 Å². The van der Waals surface area contributed by atoms with Crippen molar-refractivity contribution in [3.8, 4) is 0 Å². The van der Waals surface area contributed by atoms with Crippen molar-refractivity contribution < 1.29 is 9.18 Å². The maximum Gasteiger partial charge on any atom is 0.257 e. The molecule has 0 saturated carbocycles. The fourth-order valence-corrected chi connectivity index (χ4v) is 5.09. The Morgan fingerprint density at radius 2 is 2.10 bits per heavy atom. The van der Waals surface area contributed by atoms with Gasteiger partial charge in [0.1, 0.15) is 17.4 Å². The molecule has 2 atom stereocenters. The highest BCUT2D eigenvalue weighted by atomic mass is 32.2. The number of aromatic amines is 1. The van der Waals surface area contributed by atoms with Gasteiger partial charge in [-0.15, -0.1) is 0 Å². The van der Waals surface area contributed by atoms with Crippen LogP contribution in [0.2, 0.25) is 0 Å². The molecule has 1 aliphatic heterocycles. The number of allylic oxidation sites excluding steroid dienone is 2. The smallest absolute Gasteiger partial charge is 0.257 e. The Labute approximate surface area is 173 Å². The first-order chi connectivity index (χ1) is 13.9. The zero-order valence-electron chi connectivity index (χ0n) is 16.5. The topological polar surface area (TPSA) is 74.8 Å². The number of anilines is 1. The van der Waals surface area contributed by atoms with Crippen LogP contribution in [-0.2, 0) is 4.79 Å². The van der Waals surface area contributed by atoms with Gasteiger partial charge in [-0.25, -0.2) is 9.37 Å². The van der Waals surface area contributed by atoms with E-state index in [0.717, 1.165) is 17.9 Å². The van der Waals surface area contributed by atoms with Crippen LogP contribution in [0.15, 0.2) is 46.0 Å². The van der Waals surface area contributed by atoms with E-state index in [9.17, 15) is 14.0 Å². The molecule has 29 heavy (non-hydrogen) atoms. The lowest BCUT2D eigenvalue weighted by molar-refractivity contribution is -0.122. The predicted octanol–water partition coefficient (Wildman–Crippen LogP) is 4.47. The highest BCUT2D eigenvalue weighted by molar-refractivity contribution is 7.99. The van der Waals surface area contributed by atoms with Gasteiger partial charge in [-0.3, -0.25) is 9.59 Å². The summed E-state index contributed by atoms with van der Waals surface area (Å²) in [5.41, 5.74) is 1.51. The van der Waals surface area contributed by atoms with Gasteiger partial charge >= 0.3 is 0 Å². The number of rotatable bonds is 5. The molecule has 1 aliphatic carbocycles. The third-order valence-electron chi connectivity index (χ3n) is 5.42. The molecular formula is C22H24FN3O2S. The van der Waals surface area contributed by atoms with Crippen LogP contribution in [0.5, 0.6) is 0 Å². The number of hydrogen-bond acceptors (Lipinski definition) is 5. The van der Waals surface area contributed by atoms with Crippen molar-refractivity contribution in [3.05, 3.63) is 63.3 Å². The molecule has 1 aromatic heterocycles. The number of aromatic nitrogens is 2. The summed E-state index contributed by atoms with van der Waals surface area (Å²) in [5, 5.41) is 3.78. The summed E-state index contributed by atoms with van der Waals surface area (Å²) < 4.78 is 14.0. The van der Waals surface area contributed by atoms with E-state index < -0.39 is 11.8 Å². The summed E-state index contributed by atoms with van der Waals surface area (Å²) >= 11 is 1.51. The van der Waals surface area contributed by atoms with E-state index in [1.54, 1.807) is 12.1 Å². The van der Waals surface area contributed by atoms with Gasteiger partial charge in [0.05, 0.1) is 11.5 Å². The number of carbonyl (C=O) groups is 1. The van der Waals surface area contributed by atoms with Crippen LogP contribution in [0, 0.1) is 17.7 Å². The molecule has 1 aromatic carbocycles. The van der Waals surface area contributed by atoms with Crippen LogP contribution >= 0.6 is 11.8 Å². The molecule has 0 amide bonds. The van der Waals surface area contributed by atoms with Crippen molar-refractivity contribution in [1.29, 1.82) is 0 Å². The van der Waals surface area contributed by atoms with Crippen LogP contribution in [0.3, 0.4) is 0 Å². The molecule has 7 heteroatoms. The highest BCUT2D eigenvalue weighted by Crippen LogP contribution is 2.44. The van der Waals surface area contributed by atoms with E-state index in [1.807, 2.05) is 6.08 Å². The van der Waals surface area contributed by atoms with Crippen molar-refractivity contribution in [2.45, 2.75) is 44.2 Å². The third kappa shape index (κ3) is 4.01. The second-order valence-electron chi connectivity index (χ2n) is 7.96. The van der Waals surface area contributed by atoms with Gasteiger partial charge in [-0.1, -0.05) is 43.8 Å². The van der Waals surface area contributed by atoms with Gasteiger partial charge in [0.25, 0.3) is 5.56 Å². The first-order valence-electron chi connectivity index (χ1n) is 9.96. The second-order valence-corrected chi connectivity index (χ2v) is 9.05. The van der Waals surface area contributed by atoms with E-state index in [0.29, 0.717) is 40.9 Å². The molecular weight excluding hydrogens is 389 g/mol. The Balaban J connectivity index is 1.80. The minimum atomic E-state index is -0.549. The quantitative estimate of drug-likeness (QED) is 0.559. The lowest BCUT2D eigenvalue weighted by atomic mass is 9.72. The molecule has 0 radical (unpaired) electrons. The molecule has 152 valence electrons. The van der Waals surface area contributed by atoms with Crippen LogP contribution in [0.1, 0.15) is 50.2 Å². The Bertz CT molecular complexity index is 1030. The molecule has 0 bridgehead atoms. The van der Waals surface area contributed by atoms with Crippen LogP contribution in [-0.4, -0.2) is 21.5 Å². The Morgan fingerprint density at radius 3 is 2.86 bits per heavy atom. The largest absolute Gasteiger partial charge is 0.343 e. The van der Waals surface area contributed by atoms with Gasteiger partial charge < -0.3 is 10.3 Å². The minimum absolute atomic E-state index is 0.0599. The average Bonchev–Trinajstić information content (AvgIpc) is 2.66. The van der Waals surface area contributed by atoms with Gasteiger partial charge in [0.2, 0.25) is 0 Å². The molecule has 2 aromatic rings.